The predicted molar refractivity (Wildman–Crippen MR) is 75.1 cm³/mol. The van der Waals surface area contributed by atoms with Crippen LogP contribution in [-0.4, -0.2) is 32.1 Å². The first kappa shape index (κ1) is 12.8. The van der Waals surface area contributed by atoms with Crippen LogP contribution in [0.4, 0.5) is 0 Å². The van der Waals surface area contributed by atoms with Crippen LogP contribution in [0.1, 0.15) is 22.8 Å². The first-order valence-electron chi connectivity index (χ1n) is 6.85. The molecule has 5 nitrogen and oxygen atoms in total. The van der Waals surface area contributed by atoms with Crippen LogP contribution in [0.2, 0.25) is 0 Å². The highest BCUT2D eigenvalue weighted by molar-refractivity contribution is 5.78. The molecular weight excluding hydrogens is 252 g/mol. The lowest BCUT2D eigenvalue weighted by Gasteiger charge is -2.27. The summed E-state index contributed by atoms with van der Waals surface area (Å²) in [5.41, 5.74) is 2.25. The van der Waals surface area contributed by atoms with Gasteiger partial charge in [0.2, 0.25) is 5.91 Å². The molecule has 2 aromatic rings. The van der Waals surface area contributed by atoms with Crippen LogP contribution in [0.25, 0.3) is 0 Å². The predicted octanol–water partition coefficient (Wildman–Crippen LogP) is 1.48. The Morgan fingerprint density at radius 1 is 1.25 bits per heavy atom. The van der Waals surface area contributed by atoms with Crippen molar-refractivity contribution in [2.24, 2.45) is 0 Å². The van der Waals surface area contributed by atoms with E-state index in [-0.39, 0.29) is 5.91 Å². The standard InChI is InChI=1S/C15H18N4O/c1-11-4-3-5-13(8-11)9-15(20)18-6-7-19-12(2)16-17-14(19)10-18/h3-5,8H,6-7,9-10H2,1-2H3. The third kappa shape index (κ3) is 2.43. The molecule has 1 aromatic heterocycles. The van der Waals surface area contributed by atoms with Gasteiger partial charge in [0, 0.05) is 13.1 Å². The van der Waals surface area contributed by atoms with Crippen molar-refractivity contribution in [2.45, 2.75) is 33.4 Å². The normalized spacial score (nSPS) is 14.2. The van der Waals surface area contributed by atoms with E-state index in [1.54, 1.807) is 0 Å². The summed E-state index contributed by atoms with van der Waals surface area (Å²) < 4.78 is 2.08. The van der Waals surface area contributed by atoms with Crippen molar-refractivity contribution in [3.05, 3.63) is 47.0 Å². The summed E-state index contributed by atoms with van der Waals surface area (Å²) in [5, 5.41) is 8.19. The molecule has 20 heavy (non-hydrogen) atoms. The third-order valence-electron chi connectivity index (χ3n) is 3.73. The average Bonchev–Trinajstić information content (AvgIpc) is 2.80. The van der Waals surface area contributed by atoms with Crippen LogP contribution < -0.4 is 0 Å². The smallest absolute Gasteiger partial charge is 0.227 e. The van der Waals surface area contributed by atoms with Gasteiger partial charge in [0.25, 0.3) is 0 Å². The molecule has 1 aromatic carbocycles. The van der Waals surface area contributed by atoms with Gasteiger partial charge < -0.3 is 9.47 Å². The number of aromatic nitrogens is 3. The Morgan fingerprint density at radius 2 is 2.10 bits per heavy atom. The molecule has 0 saturated carbocycles. The van der Waals surface area contributed by atoms with Gasteiger partial charge in [-0.05, 0) is 19.4 Å². The Labute approximate surface area is 118 Å². The van der Waals surface area contributed by atoms with E-state index in [1.165, 1.54) is 5.56 Å². The molecule has 0 radical (unpaired) electrons. The summed E-state index contributed by atoms with van der Waals surface area (Å²) in [4.78, 5) is 14.2. The lowest BCUT2D eigenvalue weighted by atomic mass is 10.1. The lowest BCUT2D eigenvalue weighted by Crippen LogP contribution is -2.39. The number of carbonyl (C=O) groups excluding carboxylic acids is 1. The summed E-state index contributed by atoms with van der Waals surface area (Å²) >= 11 is 0. The molecule has 0 saturated heterocycles. The summed E-state index contributed by atoms with van der Waals surface area (Å²) in [6.07, 6.45) is 0.453. The summed E-state index contributed by atoms with van der Waals surface area (Å²) in [5.74, 6) is 1.96. The van der Waals surface area contributed by atoms with E-state index in [0.29, 0.717) is 13.0 Å². The van der Waals surface area contributed by atoms with E-state index in [0.717, 1.165) is 30.3 Å². The van der Waals surface area contributed by atoms with Gasteiger partial charge in [0.1, 0.15) is 5.82 Å². The SMILES string of the molecule is Cc1cccc(CC(=O)N2CCn3c(C)nnc3C2)c1. The number of amides is 1. The molecule has 0 bridgehead atoms. The highest BCUT2D eigenvalue weighted by Crippen LogP contribution is 2.14. The number of fused-ring (bicyclic) bond motifs is 1. The quantitative estimate of drug-likeness (QED) is 0.830. The highest BCUT2D eigenvalue weighted by atomic mass is 16.2. The maximum absolute atomic E-state index is 12.4. The van der Waals surface area contributed by atoms with Crippen LogP contribution in [0.15, 0.2) is 24.3 Å². The van der Waals surface area contributed by atoms with Crippen molar-refractivity contribution in [3.8, 4) is 0 Å². The summed E-state index contributed by atoms with van der Waals surface area (Å²) in [6, 6.07) is 8.10. The van der Waals surface area contributed by atoms with Crippen LogP contribution in [0.3, 0.4) is 0 Å². The monoisotopic (exact) mass is 270 g/mol. The van der Waals surface area contributed by atoms with Crippen molar-refractivity contribution in [3.63, 3.8) is 0 Å². The van der Waals surface area contributed by atoms with E-state index in [2.05, 4.69) is 20.8 Å². The maximum atomic E-state index is 12.4. The Kier molecular flexibility index (Phi) is 3.26. The number of hydrogen-bond acceptors (Lipinski definition) is 3. The molecule has 2 heterocycles. The van der Waals surface area contributed by atoms with Crippen LogP contribution in [-0.2, 0) is 24.3 Å². The van der Waals surface area contributed by atoms with Crippen molar-refractivity contribution < 1.29 is 4.79 Å². The molecule has 3 rings (SSSR count). The molecule has 1 amide bonds. The van der Waals surface area contributed by atoms with E-state index in [9.17, 15) is 4.79 Å². The van der Waals surface area contributed by atoms with Gasteiger partial charge in [-0.25, -0.2) is 0 Å². The summed E-state index contributed by atoms with van der Waals surface area (Å²) in [6.45, 7) is 6.07. The van der Waals surface area contributed by atoms with Gasteiger partial charge in [-0.15, -0.1) is 10.2 Å². The third-order valence-corrected chi connectivity index (χ3v) is 3.73. The van der Waals surface area contributed by atoms with E-state index >= 15 is 0 Å². The number of carbonyl (C=O) groups is 1. The largest absolute Gasteiger partial charge is 0.333 e. The number of rotatable bonds is 2. The van der Waals surface area contributed by atoms with Crippen LogP contribution in [0.5, 0.6) is 0 Å². The van der Waals surface area contributed by atoms with Crippen molar-refractivity contribution in [2.75, 3.05) is 6.54 Å². The minimum Gasteiger partial charge on any atom is -0.333 e. The maximum Gasteiger partial charge on any atom is 0.227 e. The molecular formula is C15H18N4O. The first-order chi connectivity index (χ1) is 9.63. The second-order valence-corrected chi connectivity index (χ2v) is 5.30. The fraction of sp³-hybridized carbons (Fsp3) is 0.400. The summed E-state index contributed by atoms with van der Waals surface area (Å²) in [7, 11) is 0. The minimum atomic E-state index is 0.155. The van der Waals surface area contributed by atoms with Crippen LogP contribution in [0, 0.1) is 13.8 Å². The molecule has 0 unspecified atom stereocenters. The molecule has 104 valence electrons. The average molecular weight is 270 g/mol. The second-order valence-electron chi connectivity index (χ2n) is 5.30. The molecule has 0 N–H and O–H groups in total. The van der Waals surface area contributed by atoms with Gasteiger partial charge in [-0.1, -0.05) is 29.8 Å². The molecule has 0 atom stereocenters. The molecule has 1 aliphatic heterocycles. The number of aryl methyl sites for hydroxylation is 2. The molecule has 0 fully saturated rings. The topological polar surface area (TPSA) is 51.0 Å². The van der Waals surface area contributed by atoms with Gasteiger partial charge in [-0.2, -0.15) is 0 Å². The molecule has 1 aliphatic rings. The zero-order valence-electron chi connectivity index (χ0n) is 11.8. The van der Waals surface area contributed by atoms with E-state index in [1.807, 2.05) is 36.9 Å². The number of benzene rings is 1. The minimum absolute atomic E-state index is 0.155. The number of nitrogens with zero attached hydrogens (tertiary/aromatic N) is 4. The lowest BCUT2D eigenvalue weighted by molar-refractivity contribution is -0.132. The highest BCUT2D eigenvalue weighted by Gasteiger charge is 2.23. The first-order valence-corrected chi connectivity index (χ1v) is 6.85. The Balaban J connectivity index is 1.70. The van der Waals surface area contributed by atoms with Gasteiger partial charge in [-0.3, -0.25) is 4.79 Å². The van der Waals surface area contributed by atoms with Gasteiger partial charge >= 0.3 is 0 Å². The second kappa shape index (κ2) is 5.07. The zero-order chi connectivity index (χ0) is 14.1. The van der Waals surface area contributed by atoms with Crippen molar-refractivity contribution in [1.29, 1.82) is 0 Å². The van der Waals surface area contributed by atoms with Gasteiger partial charge in [0.15, 0.2) is 5.82 Å². The van der Waals surface area contributed by atoms with Gasteiger partial charge in [0.05, 0.1) is 13.0 Å². The van der Waals surface area contributed by atoms with Crippen molar-refractivity contribution in [1.82, 2.24) is 19.7 Å². The van der Waals surface area contributed by atoms with Crippen LogP contribution >= 0.6 is 0 Å². The Morgan fingerprint density at radius 3 is 2.90 bits per heavy atom. The number of hydrogen-bond donors (Lipinski definition) is 0. The Hall–Kier alpha value is -2.17. The van der Waals surface area contributed by atoms with E-state index in [4.69, 9.17) is 0 Å². The molecule has 5 heteroatoms. The Bertz CT molecular complexity index is 647. The molecule has 0 aliphatic carbocycles. The fourth-order valence-corrected chi connectivity index (χ4v) is 2.62. The zero-order valence-corrected chi connectivity index (χ0v) is 11.8. The van der Waals surface area contributed by atoms with Crippen molar-refractivity contribution >= 4 is 5.91 Å². The fourth-order valence-electron chi connectivity index (χ4n) is 2.62. The van der Waals surface area contributed by atoms with E-state index < -0.39 is 0 Å². The molecule has 0 spiro atoms.